The third kappa shape index (κ3) is 2.40. The normalized spacial score (nSPS) is 34.4. The molecule has 0 aliphatic heterocycles. The van der Waals surface area contributed by atoms with E-state index >= 15 is 0 Å². The van der Waals surface area contributed by atoms with Gasteiger partial charge in [-0.15, -0.1) is 0 Å². The molecule has 1 aromatic rings. The summed E-state index contributed by atoms with van der Waals surface area (Å²) in [4.78, 5) is 27.4. The van der Waals surface area contributed by atoms with E-state index in [9.17, 15) is 14.9 Å². The van der Waals surface area contributed by atoms with Crippen molar-refractivity contribution in [3.05, 3.63) is 27.9 Å². The zero-order chi connectivity index (χ0) is 16.2. The van der Waals surface area contributed by atoms with Crippen molar-refractivity contribution in [1.29, 1.82) is 0 Å². The summed E-state index contributed by atoms with van der Waals surface area (Å²) in [6.07, 6.45) is 8.10. The van der Waals surface area contributed by atoms with E-state index in [1.54, 1.807) is 13.0 Å². The van der Waals surface area contributed by atoms with Gasteiger partial charge in [-0.3, -0.25) is 14.9 Å². The Labute approximate surface area is 134 Å². The van der Waals surface area contributed by atoms with Gasteiger partial charge in [-0.05, 0) is 69.3 Å². The number of hydrogen-bond acceptors (Lipinski definition) is 4. The van der Waals surface area contributed by atoms with Crippen LogP contribution >= 0.6 is 0 Å². The Kier molecular flexibility index (Phi) is 3.18. The molecule has 6 nitrogen and oxygen atoms in total. The Morgan fingerprint density at radius 2 is 1.83 bits per heavy atom. The van der Waals surface area contributed by atoms with E-state index < -0.39 is 4.92 Å². The molecule has 23 heavy (non-hydrogen) atoms. The first kappa shape index (κ1) is 14.6. The number of nitro groups is 1. The number of rotatable bonds is 3. The second-order valence-corrected chi connectivity index (χ2v) is 7.77. The smallest absolute Gasteiger partial charge is 0.290 e. The number of hydrogen-bond donors (Lipinski definition) is 1. The summed E-state index contributed by atoms with van der Waals surface area (Å²) < 4.78 is 0. The van der Waals surface area contributed by atoms with Gasteiger partial charge in [0.25, 0.3) is 5.69 Å². The molecular formula is C17H21N3O3. The molecule has 5 rings (SSSR count). The molecule has 0 spiro atoms. The molecule has 1 N–H and O–H groups in total. The van der Waals surface area contributed by atoms with E-state index in [0.717, 1.165) is 19.3 Å². The first-order valence-corrected chi connectivity index (χ1v) is 8.38. The van der Waals surface area contributed by atoms with Crippen LogP contribution in [0.3, 0.4) is 0 Å². The molecule has 0 saturated heterocycles. The van der Waals surface area contributed by atoms with Gasteiger partial charge in [-0.2, -0.15) is 0 Å². The lowest BCUT2D eigenvalue weighted by molar-refractivity contribution is -0.385. The maximum atomic E-state index is 12.9. The Morgan fingerprint density at radius 3 is 2.30 bits per heavy atom. The van der Waals surface area contributed by atoms with Gasteiger partial charge in [0.2, 0.25) is 5.91 Å². The average molecular weight is 315 g/mol. The maximum absolute atomic E-state index is 12.9. The molecule has 0 unspecified atom stereocenters. The number of aromatic nitrogens is 1. The number of nitrogens with zero attached hydrogens (tertiary/aromatic N) is 2. The van der Waals surface area contributed by atoms with Gasteiger partial charge in [-0.25, -0.2) is 4.98 Å². The molecule has 4 fully saturated rings. The second kappa shape index (κ2) is 5.01. The van der Waals surface area contributed by atoms with Crippen LogP contribution in [0.25, 0.3) is 0 Å². The van der Waals surface area contributed by atoms with Crippen LogP contribution in [-0.2, 0) is 4.79 Å². The molecule has 122 valence electrons. The molecule has 1 amide bonds. The van der Waals surface area contributed by atoms with Crippen LogP contribution in [0.1, 0.15) is 44.1 Å². The van der Waals surface area contributed by atoms with Crippen molar-refractivity contribution in [2.45, 2.75) is 45.4 Å². The highest BCUT2D eigenvalue weighted by atomic mass is 16.6. The zero-order valence-electron chi connectivity index (χ0n) is 13.2. The first-order valence-electron chi connectivity index (χ1n) is 8.38. The zero-order valence-corrected chi connectivity index (χ0v) is 13.2. The highest BCUT2D eigenvalue weighted by Gasteiger charge is 2.54. The van der Waals surface area contributed by atoms with Crippen molar-refractivity contribution in [2.24, 2.45) is 23.2 Å². The van der Waals surface area contributed by atoms with Crippen molar-refractivity contribution >= 4 is 17.4 Å². The average Bonchev–Trinajstić information content (AvgIpc) is 2.45. The number of pyridine rings is 1. The van der Waals surface area contributed by atoms with Gasteiger partial charge < -0.3 is 5.32 Å². The predicted molar refractivity (Wildman–Crippen MR) is 84.9 cm³/mol. The SMILES string of the molecule is Cc1cc(NC(=O)C23CC4CC(CC(C4)C2)C3)ncc1[N+](=O)[O-]. The van der Waals surface area contributed by atoms with Gasteiger partial charge in [-0.1, -0.05) is 0 Å². The van der Waals surface area contributed by atoms with E-state index in [0.29, 0.717) is 29.1 Å². The van der Waals surface area contributed by atoms with E-state index in [-0.39, 0.29) is 17.0 Å². The third-order valence-electron chi connectivity index (χ3n) is 6.04. The first-order chi connectivity index (χ1) is 10.9. The number of aryl methyl sites for hydroxylation is 1. The largest absolute Gasteiger partial charge is 0.310 e. The van der Waals surface area contributed by atoms with Crippen LogP contribution in [0.5, 0.6) is 0 Å². The van der Waals surface area contributed by atoms with E-state index in [4.69, 9.17) is 0 Å². The molecular weight excluding hydrogens is 294 g/mol. The molecule has 6 heteroatoms. The van der Waals surface area contributed by atoms with Crippen molar-refractivity contribution in [3.63, 3.8) is 0 Å². The fraction of sp³-hybridized carbons (Fsp3) is 0.647. The molecule has 0 radical (unpaired) electrons. The summed E-state index contributed by atoms with van der Waals surface area (Å²) in [5.41, 5.74) is 0.273. The molecule has 4 aliphatic rings. The van der Waals surface area contributed by atoms with Gasteiger partial charge in [0.05, 0.1) is 10.3 Å². The van der Waals surface area contributed by atoms with Crippen LogP contribution in [-0.4, -0.2) is 15.8 Å². The maximum Gasteiger partial charge on any atom is 0.290 e. The Bertz CT molecular complexity index is 650. The Balaban J connectivity index is 1.54. The summed E-state index contributed by atoms with van der Waals surface area (Å²) >= 11 is 0. The minimum absolute atomic E-state index is 0.0159. The van der Waals surface area contributed by atoms with Crippen molar-refractivity contribution in [3.8, 4) is 0 Å². The van der Waals surface area contributed by atoms with Crippen LogP contribution in [0.4, 0.5) is 11.5 Å². The summed E-state index contributed by atoms with van der Waals surface area (Å²) in [5.74, 6) is 2.61. The minimum atomic E-state index is -0.451. The standard InChI is InChI=1S/C17H21N3O3/c1-10-2-15(18-9-14(10)20(22)23)19-16(21)17-6-11-3-12(7-17)5-13(4-11)8-17/h2,9,11-13H,3-8H2,1H3,(H,18,19,21). The number of nitrogens with one attached hydrogen (secondary N) is 1. The number of amides is 1. The summed E-state index contributed by atoms with van der Waals surface area (Å²) in [7, 11) is 0. The van der Waals surface area contributed by atoms with Crippen molar-refractivity contribution < 1.29 is 9.72 Å². The van der Waals surface area contributed by atoms with Gasteiger partial charge in [0.1, 0.15) is 12.0 Å². The monoisotopic (exact) mass is 315 g/mol. The number of carbonyl (C=O) groups is 1. The molecule has 4 bridgehead atoms. The van der Waals surface area contributed by atoms with E-state index in [2.05, 4.69) is 10.3 Å². The van der Waals surface area contributed by atoms with Crippen LogP contribution in [0.15, 0.2) is 12.3 Å². The molecule has 0 aromatic carbocycles. The highest BCUT2D eigenvalue weighted by Crippen LogP contribution is 2.60. The van der Waals surface area contributed by atoms with Crippen molar-refractivity contribution in [2.75, 3.05) is 5.32 Å². The number of carbonyl (C=O) groups excluding carboxylic acids is 1. The Morgan fingerprint density at radius 1 is 1.26 bits per heavy atom. The van der Waals surface area contributed by atoms with E-state index in [1.165, 1.54) is 25.5 Å². The topological polar surface area (TPSA) is 85.1 Å². The van der Waals surface area contributed by atoms with Crippen molar-refractivity contribution in [1.82, 2.24) is 4.98 Å². The lowest BCUT2D eigenvalue weighted by atomic mass is 9.49. The fourth-order valence-electron chi connectivity index (χ4n) is 5.45. The number of anilines is 1. The van der Waals surface area contributed by atoms with Gasteiger partial charge >= 0.3 is 0 Å². The quantitative estimate of drug-likeness (QED) is 0.684. The van der Waals surface area contributed by atoms with Crippen LogP contribution in [0.2, 0.25) is 0 Å². The summed E-state index contributed by atoms with van der Waals surface area (Å²) in [6.45, 7) is 1.67. The fourth-order valence-corrected chi connectivity index (χ4v) is 5.45. The molecule has 0 atom stereocenters. The van der Waals surface area contributed by atoms with Crippen LogP contribution in [0, 0.1) is 40.2 Å². The molecule has 1 aromatic heterocycles. The lowest BCUT2D eigenvalue weighted by Crippen LogP contribution is -2.51. The molecule has 4 saturated carbocycles. The van der Waals surface area contributed by atoms with Crippen LogP contribution < -0.4 is 5.32 Å². The van der Waals surface area contributed by atoms with Gasteiger partial charge in [0, 0.05) is 5.56 Å². The second-order valence-electron chi connectivity index (χ2n) is 7.77. The summed E-state index contributed by atoms with van der Waals surface area (Å²) in [6, 6.07) is 1.59. The summed E-state index contributed by atoms with van der Waals surface area (Å²) in [5, 5.41) is 13.8. The Hall–Kier alpha value is -1.98. The lowest BCUT2D eigenvalue weighted by Gasteiger charge is -2.55. The minimum Gasteiger partial charge on any atom is -0.310 e. The predicted octanol–water partition coefficient (Wildman–Crippen LogP) is 3.45. The molecule has 4 aliphatic carbocycles. The third-order valence-corrected chi connectivity index (χ3v) is 6.04. The molecule has 1 heterocycles. The van der Waals surface area contributed by atoms with E-state index in [1.807, 2.05) is 0 Å². The highest BCUT2D eigenvalue weighted by molar-refractivity contribution is 5.95. The van der Waals surface area contributed by atoms with Gasteiger partial charge in [0.15, 0.2) is 0 Å².